The number of aromatic nitrogens is 2. The van der Waals surface area contributed by atoms with E-state index in [-0.39, 0.29) is 0 Å². The Hall–Kier alpha value is -0.430. The first-order valence-corrected chi connectivity index (χ1v) is 6.75. The van der Waals surface area contributed by atoms with Crippen molar-refractivity contribution in [2.75, 3.05) is 25.5 Å². The Balaban J connectivity index is 1.89. The Labute approximate surface area is 110 Å². The summed E-state index contributed by atoms with van der Waals surface area (Å²) in [5.41, 5.74) is 0. The zero-order chi connectivity index (χ0) is 11.4. The van der Waals surface area contributed by atoms with Crippen molar-refractivity contribution in [1.82, 2.24) is 14.9 Å². The topological polar surface area (TPSA) is 41.0 Å². The number of likely N-dealkylation sites (tertiary alicyclic amines) is 1. The molecule has 88 valence electrons. The van der Waals surface area contributed by atoms with Crippen LogP contribution in [-0.2, 0) is 0 Å². The number of nitrogens with one attached hydrogen (secondary N) is 1. The van der Waals surface area contributed by atoms with E-state index in [2.05, 4.69) is 49.8 Å². The van der Waals surface area contributed by atoms with Crippen LogP contribution in [0.3, 0.4) is 0 Å². The van der Waals surface area contributed by atoms with E-state index < -0.39 is 0 Å². The first-order valence-electron chi connectivity index (χ1n) is 5.67. The molecule has 1 aliphatic rings. The molecule has 1 atom stereocenters. The molecular weight excluding hydrogens is 315 g/mol. The van der Waals surface area contributed by atoms with Crippen LogP contribution in [0.1, 0.15) is 19.3 Å². The number of hydrogen-bond acceptors (Lipinski definition) is 4. The molecule has 0 radical (unpaired) electrons. The maximum absolute atomic E-state index is 4.24. The van der Waals surface area contributed by atoms with E-state index in [1.165, 1.54) is 25.8 Å². The summed E-state index contributed by atoms with van der Waals surface area (Å²) >= 11 is 2.26. The van der Waals surface area contributed by atoms with E-state index in [1.807, 2.05) is 6.20 Å². The van der Waals surface area contributed by atoms with Gasteiger partial charge in [0.15, 0.2) is 0 Å². The van der Waals surface area contributed by atoms with E-state index in [0.717, 1.165) is 15.9 Å². The molecule has 0 amide bonds. The molecule has 1 aromatic heterocycles. The van der Waals surface area contributed by atoms with Crippen LogP contribution in [0.4, 0.5) is 5.82 Å². The first kappa shape index (κ1) is 12.0. The molecule has 1 unspecified atom stereocenters. The van der Waals surface area contributed by atoms with Gasteiger partial charge in [0.05, 0.1) is 3.57 Å². The highest BCUT2D eigenvalue weighted by atomic mass is 127. The molecule has 0 saturated carbocycles. The van der Waals surface area contributed by atoms with Crippen LogP contribution in [0.15, 0.2) is 12.5 Å². The van der Waals surface area contributed by atoms with Gasteiger partial charge in [-0.05, 0) is 49.0 Å². The van der Waals surface area contributed by atoms with Crippen molar-refractivity contribution < 1.29 is 0 Å². The molecular formula is C11H17IN4. The number of piperidine rings is 1. The van der Waals surface area contributed by atoms with Crippen LogP contribution >= 0.6 is 22.6 Å². The van der Waals surface area contributed by atoms with Gasteiger partial charge in [-0.3, -0.25) is 0 Å². The summed E-state index contributed by atoms with van der Waals surface area (Å²) < 4.78 is 1.08. The normalized spacial score (nSPS) is 22.0. The Morgan fingerprint density at radius 3 is 3.19 bits per heavy atom. The second kappa shape index (κ2) is 5.77. The molecule has 2 heterocycles. The lowest BCUT2D eigenvalue weighted by molar-refractivity contribution is 0.194. The van der Waals surface area contributed by atoms with Gasteiger partial charge in [0.25, 0.3) is 0 Å². The predicted molar refractivity (Wildman–Crippen MR) is 73.5 cm³/mol. The third-order valence-electron chi connectivity index (χ3n) is 3.09. The summed E-state index contributed by atoms with van der Waals surface area (Å²) in [7, 11) is 2.20. The van der Waals surface area contributed by atoms with E-state index in [0.29, 0.717) is 6.04 Å². The van der Waals surface area contributed by atoms with E-state index in [4.69, 9.17) is 0 Å². The third kappa shape index (κ3) is 3.04. The maximum Gasteiger partial charge on any atom is 0.142 e. The SMILES string of the molecule is CN1CCCCC1CNc1ncncc1I. The fourth-order valence-electron chi connectivity index (χ4n) is 2.06. The minimum atomic E-state index is 0.638. The molecule has 4 nitrogen and oxygen atoms in total. The summed E-state index contributed by atoms with van der Waals surface area (Å²) in [4.78, 5) is 10.7. The van der Waals surface area contributed by atoms with Crippen LogP contribution in [0.25, 0.3) is 0 Å². The number of anilines is 1. The Morgan fingerprint density at radius 2 is 2.44 bits per heavy atom. The average Bonchev–Trinajstić information content (AvgIpc) is 2.30. The van der Waals surface area contributed by atoms with Crippen LogP contribution in [-0.4, -0.2) is 41.0 Å². The molecule has 0 spiro atoms. The fourth-order valence-corrected chi connectivity index (χ4v) is 2.55. The van der Waals surface area contributed by atoms with Gasteiger partial charge in [-0.25, -0.2) is 9.97 Å². The number of hydrogen-bond donors (Lipinski definition) is 1. The van der Waals surface area contributed by atoms with Crippen molar-refractivity contribution in [2.45, 2.75) is 25.3 Å². The predicted octanol–water partition coefficient (Wildman–Crippen LogP) is 1.98. The van der Waals surface area contributed by atoms with Crippen molar-refractivity contribution in [3.05, 3.63) is 16.1 Å². The van der Waals surface area contributed by atoms with Gasteiger partial charge >= 0.3 is 0 Å². The van der Waals surface area contributed by atoms with Crippen molar-refractivity contribution in [3.8, 4) is 0 Å². The molecule has 0 bridgehead atoms. The van der Waals surface area contributed by atoms with Gasteiger partial charge in [-0.1, -0.05) is 6.42 Å². The van der Waals surface area contributed by atoms with Crippen molar-refractivity contribution >= 4 is 28.4 Å². The molecule has 0 aliphatic carbocycles. The molecule has 5 heteroatoms. The van der Waals surface area contributed by atoms with Gasteiger partial charge < -0.3 is 10.2 Å². The van der Waals surface area contributed by atoms with Gasteiger partial charge in [0.1, 0.15) is 12.1 Å². The molecule has 1 aliphatic heterocycles. The molecule has 1 saturated heterocycles. The van der Waals surface area contributed by atoms with E-state index in [1.54, 1.807) is 6.33 Å². The van der Waals surface area contributed by atoms with Crippen molar-refractivity contribution in [1.29, 1.82) is 0 Å². The molecule has 1 N–H and O–H groups in total. The average molecular weight is 332 g/mol. The van der Waals surface area contributed by atoms with E-state index >= 15 is 0 Å². The van der Waals surface area contributed by atoms with Crippen LogP contribution < -0.4 is 5.32 Å². The van der Waals surface area contributed by atoms with Crippen molar-refractivity contribution in [3.63, 3.8) is 0 Å². The zero-order valence-corrected chi connectivity index (χ0v) is 11.6. The standard InChI is InChI=1S/C11H17IN4/c1-16-5-3-2-4-9(16)6-14-11-10(12)7-13-8-15-11/h7-9H,2-6H2,1H3,(H,13,14,15). The Bertz CT molecular complexity index is 345. The first-order chi connectivity index (χ1) is 7.77. The second-order valence-corrected chi connectivity index (χ2v) is 5.39. The van der Waals surface area contributed by atoms with Crippen molar-refractivity contribution in [2.24, 2.45) is 0 Å². The highest BCUT2D eigenvalue weighted by molar-refractivity contribution is 14.1. The lowest BCUT2D eigenvalue weighted by Crippen LogP contribution is -2.40. The Morgan fingerprint density at radius 1 is 1.56 bits per heavy atom. The number of likely N-dealkylation sites (N-methyl/N-ethyl adjacent to an activating group) is 1. The number of halogens is 1. The molecule has 0 aromatic carbocycles. The summed E-state index contributed by atoms with van der Waals surface area (Å²) in [6.45, 7) is 2.19. The minimum absolute atomic E-state index is 0.638. The molecule has 16 heavy (non-hydrogen) atoms. The Kier molecular flexibility index (Phi) is 4.34. The smallest absolute Gasteiger partial charge is 0.142 e. The van der Waals surface area contributed by atoms with E-state index in [9.17, 15) is 0 Å². The summed E-state index contributed by atoms with van der Waals surface area (Å²) in [6.07, 6.45) is 7.39. The summed E-state index contributed by atoms with van der Waals surface area (Å²) in [5, 5.41) is 3.41. The minimum Gasteiger partial charge on any atom is -0.368 e. The summed E-state index contributed by atoms with van der Waals surface area (Å²) in [5.74, 6) is 0.953. The zero-order valence-electron chi connectivity index (χ0n) is 9.49. The quantitative estimate of drug-likeness (QED) is 0.860. The monoisotopic (exact) mass is 332 g/mol. The third-order valence-corrected chi connectivity index (χ3v) is 3.88. The highest BCUT2D eigenvalue weighted by Gasteiger charge is 2.18. The van der Waals surface area contributed by atoms with Gasteiger partial charge in [0, 0.05) is 18.8 Å². The molecule has 1 aromatic rings. The largest absolute Gasteiger partial charge is 0.368 e. The number of rotatable bonds is 3. The van der Waals surface area contributed by atoms with Crippen LogP contribution in [0.5, 0.6) is 0 Å². The maximum atomic E-state index is 4.24. The number of nitrogens with zero attached hydrogens (tertiary/aromatic N) is 3. The molecule has 1 fully saturated rings. The van der Waals surface area contributed by atoms with Gasteiger partial charge in [-0.15, -0.1) is 0 Å². The van der Waals surface area contributed by atoms with Crippen LogP contribution in [0.2, 0.25) is 0 Å². The van der Waals surface area contributed by atoms with Gasteiger partial charge in [0.2, 0.25) is 0 Å². The second-order valence-electron chi connectivity index (χ2n) is 4.23. The van der Waals surface area contributed by atoms with Gasteiger partial charge in [-0.2, -0.15) is 0 Å². The summed E-state index contributed by atoms with van der Waals surface area (Å²) in [6, 6.07) is 0.638. The lowest BCUT2D eigenvalue weighted by atomic mass is 10.0. The fraction of sp³-hybridized carbons (Fsp3) is 0.636. The lowest BCUT2D eigenvalue weighted by Gasteiger charge is -2.32. The molecule has 2 rings (SSSR count). The van der Waals surface area contributed by atoms with Crippen LogP contribution in [0, 0.1) is 3.57 Å². The highest BCUT2D eigenvalue weighted by Crippen LogP contribution is 2.17.